The van der Waals surface area contributed by atoms with Crippen LogP contribution in [0.4, 0.5) is 5.69 Å². The first-order valence-electron chi connectivity index (χ1n) is 6.77. The van der Waals surface area contributed by atoms with Gasteiger partial charge in [0.15, 0.2) is 0 Å². The molecule has 2 aromatic carbocycles. The summed E-state index contributed by atoms with van der Waals surface area (Å²) in [5, 5.41) is 14.1. The molecular weight excluding hydrogens is 332 g/mol. The van der Waals surface area contributed by atoms with Crippen LogP contribution in [0.5, 0.6) is 0 Å². The van der Waals surface area contributed by atoms with E-state index in [0.29, 0.717) is 0 Å². The summed E-state index contributed by atoms with van der Waals surface area (Å²) < 4.78 is 0.791. The Bertz CT molecular complexity index is 617. The van der Waals surface area contributed by atoms with E-state index in [2.05, 4.69) is 33.4 Å². The fraction of sp³-hybridized carbons (Fsp3) is 0.250. The molecule has 2 aromatic rings. The Morgan fingerprint density at radius 1 is 1.24 bits per heavy atom. The zero-order chi connectivity index (χ0) is 15.2. The van der Waals surface area contributed by atoms with Gasteiger partial charge in [0.1, 0.15) is 0 Å². The van der Waals surface area contributed by atoms with Crippen LogP contribution in [0.25, 0.3) is 0 Å². The molecule has 0 amide bonds. The number of hydrogen-bond acceptors (Lipinski definition) is 3. The van der Waals surface area contributed by atoms with E-state index in [1.165, 1.54) is 5.56 Å². The van der Waals surface area contributed by atoms with Crippen LogP contribution >= 0.6 is 15.9 Å². The number of nitro benzene ring substituents is 1. The Morgan fingerprint density at radius 3 is 2.52 bits per heavy atom. The van der Waals surface area contributed by atoms with Gasteiger partial charge in [0.05, 0.1) is 4.92 Å². The lowest BCUT2D eigenvalue weighted by Gasteiger charge is -2.17. The molecule has 0 aromatic heterocycles. The predicted molar refractivity (Wildman–Crippen MR) is 87.4 cm³/mol. The monoisotopic (exact) mass is 348 g/mol. The molecule has 0 saturated heterocycles. The molecule has 0 spiro atoms. The molecule has 1 N–H and O–H groups in total. The molecule has 0 aliphatic heterocycles. The number of non-ortho nitro benzene ring substituents is 1. The molecule has 0 aliphatic rings. The molecule has 0 aliphatic carbocycles. The lowest BCUT2D eigenvalue weighted by Crippen LogP contribution is -2.17. The molecule has 0 heterocycles. The number of rotatable bonds is 6. The zero-order valence-corrected chi connectivity index (χ0v) is 13.3. The van der Waals surface area contributed by atoms with Crippen LogP contribution in [0.3, 0.4) is 0 Å². The van der Waals surface area contributed by atoms with Gasteiger partial charge in [-0.3, -0.25) is 10.1 Å². The van der Waals surface area contributed by atoms with Crippen molar-refractivity contribution in [1.82, 2.24) is 5.32 Å². The Balaban J connectivity index is 2.07. The van der Waals surface area contributed by atoms with Crippen LogP contribution in [0, 0.1) is 10.1 Å². The Morgan fingerprint density at radius 2 is 1.95 bits per heavy atom. The molecule has 1 unspecified atom stereocenters. The summed E-state index contributed by atoms with van der Waals surface area (Å²) >= 11 is 3.42. The Kier molecular flexibility index (Phi) is 5.47. The normalized spacial score (nSPS) is 12.1. The van der Waals surface area contributed by atoms with Crippen LogP contribution in [-0.2, 0) is 6.42 Å². The minimum Gasteiger partial charge on any atom is -0.313 e. The number of benzene rings is 2. The molecule has 0 fully saturated rings. The van der Waals surface area contributed by atoms with Gasteiger partial charge in [-0.1, -0.05) is 52.3 Å². The van der Waals surface area contributed by atoms with Gasteiger partial charge in [0.2, 0.25) is 0 Å². The van der Waals surface area contributed by atoms with Crippen molar-refractivity contribution in [1.29, 1.82) is 0 Å². The van der Waals surface area contributed by atoms with E-state index < -0.39 is 0 Å². The third kappa shape index (κ3) is 4.12. The highest BCUT2D eigenvalue weighted by atomic mass is 79.9. The number of nitro groups is 1. The van der Waals surface area contributed by atoms with Crippen molar-refractivity contribution in [3.05, 3.63) is 74.2 Å². The van der Waals surface area contributed by atoms with Gasteiger partial charge in [-0.2, -0.15) is 0 Å². The highest BCUT2D eigenvalue weighted by Gasteiger charge is 2.12. The maximum Gasteiger partial charge on any atom is 0.270 e. The molecule has 1 atom stereocenters. The fourth-order valence-electron chi connectivity index (χ4n) is 2.32. The number of halogens is 1. The SMILES string of the molecule is CNC(CCc1ccc([N+](=O)[O-])cc1Br)c1ccccc1. The molecule has 0 saturated carbocycles. The number of nitrogens with zero attached hydrogens (tertiary/aromatic N) is 1. The van der Waals surface area contributed by atoms with E-state index >= 15 is 0 Å². The van der Waals surface area contributed by atoms with Crippen molar-refractivity contribution in [3.8, 4) is 0 Å². The number of aryl methyl sites for hydroxylation is 1. The molecule has 4 nitrogen and oxygen atoms in total. The molecule has 0 radical (unpaired) electrons. The third-order valence-electron chi connectivity index (χ3n) is 3.50. The van der Waals surface area contributed by atoms with E-state index in [4.69, 9.17) is 0 Å². The molecular formula is C16H17BrN2O2. The van der Waals surface area contributed by atoms with Gasteiger partial charge in [0.25, 0.3) is 5.69 Å². The second-order valence-corrected chi connectivity index (χ2v) is 5.68. The van der Waals surface area contributed by atoms with E-state index in [-0.39, 0.29) is 16.7 Å². The number of hydrogen-bond donors (Lipinski definition) is 1. The largest absolute Gasteiger partial charge is 0.313 e. The smallest absolute Gasteiger partial charge is 0.270 e. The third-order valence-corrected chi connectivity index (χ3v) is 4.24. The lowest BCUT2D eigenvalue weighted by atomic mass is 9.99. The first-order valence-corrected chi connectivity index (χ1v) is 7.56. The zero-order valence-electron chi connectivity index (χ0n) is 11.8. The van der Waals surface area contributed by atoms with Crippen molar-refractivity contribution in [2.45, 2.75) is 18.9 Å². The average molecular weight is 349 g/mol. The Hall–Kier alpha value is -1.72. The quantitative estimate of drug-likeness (QED) is 0.627. The van der Waals surface area contributed by atoms with Gasteiger partial charge < -0.3 is 5.32 Å². The standard InChI is InChI=1S/C16H17BrN2O2/c1-18-16(13-5-3-2-4-6-13)10-8-12-7-9-14(19(20)21)11-15(12)17/h2-7,9,11,16,18H,8,10H2,1H3. The summed E-state index contributed by atoms with van der Waals surface area (Å²) in [4.78, 5) is 10.4. The first kappa shape index (κ1) is 15.7. The highest BCUT2D eigenvalue weighted by molar-refractivity contribution is 9.10. The van der Waals surface area contributed by atoms with Crippen LogP contribution in [0.1, 0.15) is 23.6 Å². The molecule has 5 heteroatoms. The average Bonchev–Trinajstić information content (AvgIpc) is 2.50. The van der Waals surface area contributed by atoms with Gasteiger partial charge in [-0.25, -0.2) is 0 Å². The topological polar surface area (TPSA) is 55.2 Å². The summed E-state index contributed by atoms with van der Waals surface area (Å²) in [6.07, 6.45) is 1.77. The van der Waals surface area contributed by atoms with Gasteiger partial charge >= 0.3 is 0 Å². The van der Waals surface area contributed by atoms with Crippen molar-refractivity contribution in [2.24, 2.45) is 0 Å². The summed E-state index contributed by atoms with van der Waals surface area (Å²) in [6.45, 7) is 0. The maximum atomic E-state index is 10.7. The fourth-order valence-corrected chi connectivity index (χ4v) is 2.88. The first-order chi connectivity index (χ1) is 10.1. The molecule has 0 bridgehead atoms. The Labute approximate surface area is 132 Å². The summed E-state index contributed by atoms with van der Waals surface area (Å²) in [5.41, 5.74) is 2.44. The van der Waals surface area contributed by atoms with E-state index in [9.17, 15) is 10.1 Å². The van der Waals surface area contributed by atoms with Crippen LogP contribution in [-0.4, -0.2) is 12.0 Å². The van der Waals surface area contributed by atoms with Crippen LogP contribution in [0.2, 0.25) is 0 Å². The summed E-state index contributed by atoms with van der Waals surface area (Å²) in [6, 6.07) is 15.5. The van der Waals surface area contributed by atoms with E-state index in [1.807, 2.05) is 31.3 Å². The minimum absolute atomic E-state index is 0.110. The van der Waals surface area contributed by atoms with Crippen LogP contribution < -0.4 is 5.32 Å². The number of nitrogens with one attached hydrogen (secondary N) is 1. The molecule has 110 valence electrons. The lowest BCUT2D eigenvalue weighted by molar-refractivity contribution is -0.384. The van der Waals surface area contributed by atoms with Crippen molar-refractivity contribution in [2.75, 3.05) is 7.05 Å². The van der Waals surface area contributed by atoms with E-state index in [1.54, 1.807) is 12.1 Å². The van der Waals surface area contributed by atoms with Crippen molar-refractivity contribution in [3.63, 3.8) is 0 Å². The van der Waals surface area contributed by atoms with Gasteiger partial charge in [-0.05, 0) is 31.0 Å². The van der Waals surface area contributed by atoms with Crippen molar-refractivity contribution >= 4 is 21.6 Å². The second kappa shape index (κ2) is 7.33. The molecule has 2 rings (SSSR count). The molecule has 21 heavy (non-hydrogen) atoms. The van der Waals surface area contributed by atoms with E-state index in [0.717, 1.165) is 22.9 Å². The second-order valence-electron chi connectivity index (χ2n) is 4.82. The van der Waals surface area contributed by atoms with Gasteiger partial charge in [-0.15, -0.1) is 0 Å². The summed E-state index contributed by atoms with van der Waals surface area (Å²) in [5.74, 6) is 0. The predicted octanol–water partition coefficient (Wildman–Crippen LogP) is 4.25. The van der Waals surface area contributed by atoms with Gasteiger partial charge in [0, 0.05) is 22.6 Å². The van der Waals surface area contributed by atoms with Crippen molar-refractivity contribution < 1.29 is 4.92 Å². The maximum absolute atomic E-state index is 10.7. The minimum atomic E-state index is -0.380. The highest BCUT2D eigenvalue weighted by Crippen LogP contribution is 2.26. The summed E-state index contributed by atoms with van der Waals surface area (Å²) in [7, 11) is 1.95. The van der Waals surface area contributed by atoms with Crippen LogP contribution in [0.15, 0.2) is 53.0 Å².